The molecule has 0 heterocycles. The number of ether oxygens (including phenoxy) is 1. The van der Waals surface area contributed by atoms with E-state index in [0.717, 1.165) is 44.9 Å². The Bertz CT molecular complexity index is 659. The summed E-state index contributed by atoms with van der Waals surface area (Å²) in [5, 5.41) is 22.1. The predicted molar refractivity (Wildman–Crippen MR) is 108 cm³/mol. The van der Waals surface area contributed by atoms with Crippen molar-refractivity contribution in [3.05, 3.63) is 0 Å². The fourth-order valence-corrected chi connectivity index (χ4v) is 8.26. The molecule has 4 aliphatic rings. The lowest BCUT2D eigenvalue weighted by Crippen LogP contribution is -2.63. The van der Waals surface area contributed by atoms with E-state index in [1.54, 1.807) is 14.1 Å². The Morgan fingerprint density at radius 1 is 1.04 bits per heavy atom. The van der Waals surface area contributed by atoms with E-state index < -0.39 is 5.60 Å². The van der Waals surface area contributed by atoms with Gasteiger partial charge in [-0.05, 0) is 85.9 Å². The Balaban J connectivity index is 1.72. The van der Waals surface area contributed by atoms with Crippen LogP contribution in [0.25, 0.3) is 0 Å². The summed E-state index contributed by atoms with van der Waals surface area (Å²) < 4.78 is 5.93. The smallest absolute Gasteiger partial charge is 0.409 e. The molecule has 5 heteroatoms. The highest BCUT2D eigenvalue weighted by atomic mass is 16.6. The Kier molecular flexibility index (Phi) is 4.46. The van der Waals surface area contributed by atoms with E-state index in [9.17, 15) is 15.0 Å². The molecule has 0 aromatic heterocycles. The molecule has 4 aliphatic carbocycles. The monoisotopic (exact) mass is 393 g/mol. The van der Waals surface area contributed by atoms with Gasteiger partial charge in [-0.2, -0.15) is 0 Å². The molecule has 0 unspecified atom stereocenters. The number of hydrogen-bond donors (Lipinski definition) is 2. The Morgan fingerprint density at radius 2 is 1.71 bits per heavy atom. The fourth-order valence-electron chi connectivity index (χ4n) is 8.26. The van der Waals surface area contributed by atoms with Gasteiger partial charge in [0.2, 0.25) is 0 Å². The van der Waals surface area contributed by atoms with Gasteiger partial charge in [-0.25, -0.2) is 4.79 Å². The molecule has 4 rings (SSSR count). The number of fused-ring (bicyclic) bond motifs is 2. The van der Waals surface area contributed by atoms with Crippen LogP contribution in [-0.2, 0) is 4.74 Å². The van der Waals surface area contributed by atoms with E-state index >= 15 is 0 Å². The van der Waals surface area contributed by atoms with Crippen LogP contribution in [0.2, 0.25) is 0 Å². The average molecular weight is 394 g/mol. The van der Waals surface area contributed by atoms with Gasteiger partial charge in [-0.1, -0.05) is 20.8 Å². The normalized spacial score (nSPS) is 51.8. The number of rotatable bonds is 1. The topological polar surface area (TPSA) is 70.0 Å². The summed E-state index contributed by atoms with van der Waals surface area (Å²) in [6, 6.07) is 0. The van der Waals surface area contributed by atoms with Crippen LogP contribution in [-0.4, -0.2) is 53.1 Å². The summed E-state index contributed by atoms with van der Waals surface area (Å²) in [4.78, 5) is 13.8. The molecule has 28 heavy (non-hydrogen) atoms. The van der Waals surface area contributed by atoms with Gasteiger partial charge in [-0.15, -0.1) is 0 Å². The van der Waals surface area contributed by atoms with Crippen molar-refractivity contribution in [1.82, 2.24) is 4.90 Å². The summed E-state index contributed by atoms with van der Waals surface area (Å²) in [7, 11) is 3.47. The SMILES string of the molecule is CN(C)C(=O)O[C@H]1CC(C)(C)[C@@H]2C[C@H](O)[C@H]3C[C@H]4C[C@@]3(CC[C@]4(C)O)[C@@]2(C)C1. The molecule has 5 nitrogen and oxygen atoms in total. The van der Waals surface area contributed by atoms with Gasteiger partial charge in [0.25, 0.3) is 0 Å². The predicted octanol–water partition coefficient (Wildman–Crippen LogP) is 3.82. The van der Waals surface area contributed by atoms with Gasteiger partial charge in [0, 0.05) is 14.1 Å². The quantitative estimate of drug-likeness (QED) is 0.711. The van der Waals surface area contributed by atoms with Gasteiger partial charge in [-0.3, -0.25) is 0 Å². The Labute approximate surface area is 169 Å². The molecule has 0 aromatic carbocycles. The third-order valence-corrected chi connectivity index (χ3v) is 9.65. The van der Waals surface area contributed by atoms with Crippen molar-refractivity contribution >= 4 is 6.09 Å². The molecule has 4 saturated carbocycles. The second-order valence-corrected chi connectivity index (χ2v) is 11.8. The number of aliphatic hydroxyl groups is 2. The fraction of sp³-hybridized carbons (Fsp3) is 0.957. The van der Waals surface area contributed by atoms with Crippen LogP contribution in [0.3, 0.4) is 0 Å². The van der Waals surface area contributed by atoms with Crippen molar-refractivity contribution < 1.29 is 19.7 Å². The van der Waals surface area contributed by atoms with Crippen LogP contribution in [0.5, 0.6) is 0 Å². The zero-order valence-electron chi connectivity index (χ0n) is 18.5. The number of nitrogens with zero attached hydrogens (tertiary/aromatic N) is 1. The minimum absolute atomic E-state index is 0.00299. The number of amides is 1. The summed E-state index contributed by atoms with van der Waals surface area (Å²) in [5.41, 5.74) is -0.554. The summed E-state index contributed by atoms with van der Waals surface area (Å²) in [6.07, 6.45) is 5.64. The third-order valence-electron chi connectivity index (χ3n) is 9.65. The molecule has 0 aromatic rings. The van der Waals surface area contributed by atoms with Crippen LogP contribution >= 0.6 is 0 Å². The maximum atomic E-state index is 12.3. The number of aliphatic hydroxyl groups excluding tert-OH is 1. The molecule has 1 spiro atoms. The molecule has 1 amide bonds. The van der Waals surface area contributed by atoms with Crippen LogP contribution in [0, 0.1) is 34.0 Å². The van der Waals surface area contributed by atoms with E-state index in [0.29, 0.717) is 5.92 Å². The van der Waals surface area contributed by atoms with Crippen LogP contribution in [0.15, 0.2) is 0 Å². The van der Waals surface area contributed by atoms with Crippen LogP contribution < -0.4 is 0 Å². The minimum atomic E-state index is -0.616. The van der Waals surface area contributed by atoms with E-state index in [1.165, 1.54) is 4.90 Å². The second kappa shape index (κ2) is 6.10. The molecule has 4 fully saturated rings. The number of carbonyl (C=O) groups is 1. The molecular formula is C23H39NO4. The van der Waals surface area contributed by atoms with Gasteiger partial charge in [0.1, 0.15) is 6.10 Å². The van der Waals surface area contributed by atoms with Crippen molar-refractivity contribution in [2.45, 2.75) is 90.4 Å². The highest BCUT2D eigenvalue weighted by Crippen LogP contribution is 2.75. The molecule has 0 saturated heterocycles. The first-order chi connectivity index (χ1) is 12.8. The van der Waals surface area contributed by atoms with E-state index in [-0.39, 0.29) is 46.4 Å². The lowest BCUT2D eigenvalue weighted by atomic mass is 9.39. The van der Waals surface area contributed by atoms with Gasteiger partial charge in [0.15, 0.2) is 0 Å². The molecular weight excluding hydrogens is 354 g/mol. The maximum absolute atomic E-state index is 12.3. The van der Waals surface area contributed by atoms with Gasteiger partial charge < -0.3 is 19.8 Å². The summed E-state index contributed by atoms with van der Waals surface area (Å²) >= 11 is 0. The van der Waals surface area contributed by atoms with Crippen molar-refractivity contribution in [3.63, 3.8) is 0 Å². The highest BCUT2D eigenvalue weighted by molar-refractivity contribution is 5.67. The van der Waals surface area contributed by atoms with Crippen LogP contribution in [0.4, 0.5) is 4.79 Å². The number of carbonyl (C=O) groups excluding carboxylic acids is 1. The van der Waals surface area contributed by atoms with Gasteiger partial charge in [0.05, 0.1) is 11.7 Å². The van der Waals surface area contributed by atoms with Crippen molar-refractivity contribution in [3.8, 4) is 0 Å². The maximum Gasteiger partial charge on any atom is 0.409 e. The van der Waals surface area contributed by atoms with Crippen LogP contribution in [0.1, 0.15) is 72.6 Å². The zero-order chi connectivity index (χ0) is 20.7. The molecule has 0 radical (unpaired) electrons. The Morgan fingerprint density at radius 3 is 2.36 bits per heavy atom. The first kappa shape index (κ1) is 20.5. The first-order valence-corrected chi connectivity index (χ1v) is 11.1. The molecule has 160 valence electrons. The third kappa shape index (κ3) is 2.68. The Hall–Kier alpha value is -0.810. The summed E-state index contributed by atoms with van der Waals surface area (Å²) in [5.74, 6) is 0.929. The first-order valence-electron chi connectivity index (χ1n) is 11.1. The lowest BCUT2D eigenvalue weighted by Gasteiger charge is -2.67. The van der Waals surface area contributed by atoms with E-state index in [4.69, 9.17) is 4.74 Å². The second-order valence-electron chi connectivity index (χ2n) is 11.8. The average Bonchev–Trinajstić information content (AvgIpc) is 2.93. The molecule has 8 atom stereocenters. The van der Waals surface area contributed by atoms with E-state index in [1.807, 2.05) is 6.92 Å². The van der Waals surface area contributed by atoms with E-state index in [2.05, 4.69) is 20.8 Å². The largest absolute Gasteiger partial charge is 0.446 e. The summed E-state index contributed by atoms with van der Waals surface area (Å²) in [6.45, 7) is 8.98. The minimum Gasteiger partial charge on any atom is -0.446 e. The molecule has 2 N–H and O–H groups in total. The van der Waals surface area contributed by atoms with Crippen molar-refractivity contribution in [2.24, 2.45) is 34.0 Å². The highest BCUT2D eigenvalue weighted by Gasteiger charge is 2.71. The molecule has 2 bridgehead atoms. The zero-order valence-corrected chi connectivity index (χ0v) is 18.5. The van der Waals surface area contributed by atoms with Gasteiger partial charge >= 0.3 is 6.09 Å². The molecule has 0 aliphatic heterocycles. The number of hydrogen-bond acceptors (Lipinski definition) is 4. The standard InChI is InChI=1S/C23H39NO4/c1-20(2)12-15(28-19(26)24(5)6)13-21(3)18(20)10-17(25)16-9-14-11-23(16,21)8-7-22(14,4)27/h14-18,25,27H,7-13H2,1-6H3/t14-,15-,16+,17-,18-,21-,22-,23+/m0/s1. The lowest BCUT2D eigenvalue weighted by molar-refractivity contribution is -0.219. The van der Waals surface area contributed by atoms with Crippen molar-refractivity contribution in [2.75, 3.05) is 14.1 Å². The van der Waals surface area contributed by atoms with Crippen molar-refractivity contribution in [1.29, 1.82) is 0 Å².